The molecule has 1 aliphatic carbocycles. The Morgan fingerprint density at radius 3 is 2.75 bits per heavy atom. The van der Waals surface area contributed by atoms with Gasteiger partial charge in [0.05, 0.1) is 4.90 Å². The van der Waals surface area contributed by atoms with Crippen LogP contribution in [0, 0.1) is 12.8 Å². The van der Waals surface area contributed by atoms with Crippen LogP contribution in [0.4, 0.5) is 5.69 Å². The number of hydrogen-bond acceptors (Lipinski definition) is 3. The van der Waals surface area contributed by atoms with E-state index >= 15 is 0 Å². The molecule has 3 N–H and O–H groups in total. The number of hydrogen-bond donors (Lipinski definition) is 2. The molecule has 0 saturated heterocycles. The second-order valence-corrected chi connectivity index (χ2v) is 7.29. The van der Waals surface area contributed by atoms with E-state index in [-0.39, 0.29) is 4.90 Å². The molecule has 0 aromatic heterocycles. The topological polar surface area (TPSA) is 72.2 Å². The minimum atomic E-state index is -3.65. The molecule has 0 spiro atoms. The molecule has 1 aliphatic rings. The summed E-state index contributed by atoms with van der Waals surface area (Å²) in [6.07, 6.45) is 6.08. The Labute approximate surface area is 121 Å². The van der Waals surface area contributed by atoms with Crippen molar-refractivity contribution < 1.29 is 8.42 Å². The van der Waals surface area contributed by atoms with E-state index in [1.807, 2.05) is 13.0 Å². The molecule has 0 heterocycles. The summed E-state index contributed by atoms with van der Waals surface area (Å²) in [4.78, 5) is 0.213. The summed E-state index contributed by atoms with van der Waals surface area (Å²) >= 11 is 0. The van der Waals surface area contributed by atoms with Crippen LogP contribution in [0.15, 0.2) is 23.1 Å². The first kappa shape index (κ1) is 15.3. The number of nitrogens with one attached hydrogen (secondary N) is 1. The smallest absolute Gasteiger partial charge is 0.238 e. The highest BCUT2D eigenvalue weighted by molar-refractivity contribution is 7.89. The van der Waals surface area contributed by atoms with Crippen molar-refractivity contribution in [3.8, 4) is 0 Å². The van der Waals surface area contributed by atoms with Crippen molar-refractivity contribution in [1.29, 1.82) is 0 Å². The van der Waals surface area contributed by atoms with E-state index < -0.39 is 10.0 Å². The molecule has 2 rings (SSSR count). The largest absolute Gasteiger partial charge is 0.382 e. The van der Waals surface area contributed by atoms with Gasteiger partial charge in [-0.05, 0) is 43.4 Å². The average molecular weight is 296 g/mol. The predicted molar refractivity (Wildman–Crippen MR) is 82.2 cm³/mol. The van der Waals surface area contributed by atoms with Gasteiger partial charge in [0.25, 0.3) is 0 Å². The van der Waals surface area contributed by atoms with Crippen molar-refractivity contribution in [2.24, 2.45) is 11.1 Å². The summed E-state index contributed by atoms with van der Waals surface area (Å²) in [5.74, 6) is 0.781. The molecule has 2 unspecified atom stereocenters. The monoisotopic (exact) mass is 296 g/mol. The first-order valence-electron chi connectivity index (χ1n) is 7.30. The van der Waals surface area contributed by atoms with Crippen LogP contribution < -0.4 is 10.5 Å². The summed E-state index contributed by atoms with van der Waals surface area (Å²) in [6.45, 7) is 4.04. The summed E-state index contributed by atoms with van der Waals surface area (Å²) in [5.41, 5.74) is 1.60. The molecule has 20 heavy (non-hydrogen) atoms. The Balaban J connectivity index is 2.18. The second-order valence-electron chi connectivity index (χ2n) is 5.76. The maximum Gasteiger partial charge on any atom is 0.238 e. The molecular weight excluding hydrogens is 272 g/mol. The first-order valence-corrected chi connectivity index (χ1v) is 8.85. The maximum absolute atomic E-state index is 11.5. The Bertz CT molecular complexity index is 569. The lowest BCUT2D eigenvalue weighted by molar-refractivity contribution is 0.327. The van der Waals surface area contributed by atoms with Crippen LogP contribution in [-0.2, 0) is 10.0 Å². The van der Waals surface area contributed by atoms with Crippen molar-refractivity contribution in [1.82, 2.24) is 0 Å². The summed E-state index contributed by atoms with van der Waals surface area (Å²) in [6, 6.07) is 5.67. The van der Waals surface area contributed by atoms with Gasteiger partial charge in [-0.2, -0.15) is 0 Å². The Kier molecular flexibility index (Phi) is 4.70. The van der Waals surface area contributed by atoms with E-state index in [0.717, 1.165) is 24.4 Å². The molecule has 0 radical (unpaired) electrons. The van der Waals surface area contributed by atoms with Gasteiger partial charge < -0.3 is 5.32 Å². The molecule has 5 heteroatoms. The van der Waals surface area contributed by atoms with Gasteiger partial charge in [0.2, 0.25) is 10.0 Å². The molecule has 2 atom stereocenters. The maximum atomic E-state index is 11.5. The van der Waals surface area contributed by atoms with Crippen molar-refractivity contribution in [2.45, 2.75) is 56.9 Å². The van der Waals surface area contributed by atoms with Gasteiger partial charge in [-0.3, -0.25) is 0 Å². The third-order valence-electron chi connectivity index (χ3n) is 4.31. The third kappa shape index (κ3) is 3.52. The molecule has 0 aliphatic heterocycles. The molecule has 1 fully saturated rings. The molecule has 112 valence electrons. The molecule has 4 nitrogen and oxygen atoms in total. The molecule has 0 bridgehead atoms. The van der Waals surface area contributed by atoms with Crippen LogP contribution in [0.2, 0.25) is 0 Å². The first-order chi connectivity index (χ1) is 9.41. The van der Waals surface area contributed by atoms with Crippen LogP contribution in [0.1, 0.15) is 44.6 Å². The van der Waals surface area contributed by atoms with E-state index in [1.54, 1.807) is 12.1 Å². The number of rotatable bonds is 4. The Hall–Kier alpha value is -1.07. The van der Waals surface area contributed by atoms with Crippen molar-refractivity contribution >= 4 is 15.7 Å². The van der Waals surface area contributed by atoms with Gasteiger partial charge in [0.15, 0.2) is 0 Å². The van der Waals surface area contributed by atoms with Gasteiger partial charge in [-0.1, -0.05) is 32.3 Å². The van der Waals surface area contributed by atoms with E-state index in [0.29, 0.717) is 11.6 Å². The normalized spacial score (nSPS) is 23.6. The predicted octanol–water partition coefficient (Wildman–Crippen LogP) is 3.02. The quantitative estimate of drug-likeness (QED) is 0.897. The van der Waals surface area contributed by atoms with Crippen molar-refractivity contribution in [3.05, 3.63) is 23.8 Å². The third-order valence-corrected chi connectivity index (χ3v) is 5.37. The van der Waals surface area contributed by atoms with E-state index in [9.17, 15) is 8.42 Å². The molecule has 1 saturated carbocycles. The fourth-order valence-electron chi connectivity index (χ4n) is 3.09. The van der Waals surface area contributed by atoms with E-state index in [2.05, 4.69) is 12.2 Å². The zero-order chi connectivity index (χ0) is 14.8. The Morgan fingerprint density at radius 2 is 2.10 bits per heavy atom. The number of anilines is 1. The standard InChI is InChI=1S/C15H24N2O2S/c1-3-12-6-4-7-13(10-12)17-14-8-5-9-15(11(14)2)20(16,18)19/h5,8-9,12-13,17H,3-4,6-7,10H2,1-2H3,(H2,16,18,19). The highest BCUT2D eigenvalue weighted by Gasteiger charge is 2.22. The van der Waals surface area contributed by atoms with Crippen LogP contribution in [-0.4, -0.2) is 14.5 Å². The summed E-state index contributed by atoms with van der Waals surface area (Å²) in [5, 5.41) is 8.75. The fourth-order valence-corrected chi connectivity index (χ4v) is 3.90. The number of benzene rings is 1. The van der Waals surface area contributed by atoms with Gasteiger partial charge >= 0.3 is 0 Å². The zero-order valence-corrected chi connectivity index (χ0v) is 13.0. The highest BCUT2D eigenvalue weighted by atomic mass is 32.2. The van der Waals surface area contributed by atoms with Gasteiger partial charge in [0.1, 0.15) is 0 Å². The van der Waals surface area contributed by atoms with Gasteiger partial charge in [-0.15, -0.1) is 0 Å². The van der Waals surface area contributed by atoms with Crippen LogP contribution in [0.3, 0.4) is 0 Å². The molecular formula is C15H24N2O2S. The van der Waals surface area contributed by atoms with Crippen LogP contribution in [0.25, 0.3) is 0 Å². The van der Waals surface area contributed by atoms with Crippen molar-refractivity contribution in [3.63, 3.8) is 0 Å². The molecule has 1 aromatic carbocycles. The lowest BCUT2D eigenvalue weighted by Crippen LogP contribution is -2.27. The van der Waals surface area contributed by atoms with E-state index in [4.69, 9.17) is 5.14 Å². The van der Waals surface area contributed by atoms with E-state index in [1.165, 1.54) is 19.3 Å². The minimum Gasteiger partial charge on any atom is -0.382 e. The minimum absolute atomic E-state index is 0.213. The SMILES string of the molecule is CCC1CCCC(Nc2cccc(S(N)(=O)=O)c2C)C1. The highest BCUT2D eigenvalue weighted by Crippen LogP contribution is 2.30. The molecule has 0 amide bonds. The lowest BCUT2D eigenvalue weighted by atomic mass is 9.84. The van der Waals surface area contributed by atoms with Crippen LogP contribution >= 0.6 is 0 Å². The van der Waals surface area contributed by atoms with Gasteiger partial charge in [-0.25, -0.2) is 13.6 Å². The summed E-state index contributed by atoms with van der Waals surface area (Å²) in [7, 11) is -3.65. The van der Waals surface area contributed by atoms with Gasteiger partial charge in [0, 0.05) is 11.7 Å². The number of nitrogens with two attached hydrogens (primary N) is 1. The second kappa shape index (κ2) is 6.14. The Morgan fingerprint density at radius 1 is 1.35 bits per heavy atom. The number of sulfonamides is 1. The van der Waals surface area contributed by atoms with Crippen molar-refractivity contribution in [2.75, 3.05) is 5.32 Å². The number of primary sulfonamides is 1. The lowest BCUT2D eigenvalue weighted by Gasteiger charge is -2.30. The van der Waals surface area contributed by atoms with Crippen LogP contribution in [0.5, 0.6) is 0 Å². The average Bonchev–Trinajstić information content (AvgIpc) is 2.40. The fraction of sp³-hybridized carbons (Fsp3) is 0.600. The molecule has 1 aromatic rings. The summed E-state index contributed by atoms with van der Waals surface area (Å²) < 4.78 is 23.1. The zero-order valence-electron chi connectivity index (χ0n) is 12.2.